The predicted octanol–water partition coefficient (Wildman–Crippen LogP) is 2.59. The zero-order valence-electron chi connectivity index (χ0n) is 16.3. The van der Waals surface area contributed by atoms with E-state index in [9.17, 15) is 10.2 Å². The summed E-state index contributed by atoms with van der Waals surface area (Å²) in [7, 11) is 0. The van der Waals surface area contributed by atoms with E-state index in [1.807, 2.05) is 60.7 Å². The monoisotopic (exact) mass is 400 g/mol. The molecule has 156 valence electrons. The number of aliphatic hydroxyl groups excluding tert-OH is 2. The van der Waals surface area contributed by atoms with Crippen LogP contribution in [0.5, 0.6) is 0 Å². The molecular weight excluding hydrogens is 372 g/mol. The lowest BCUT2D eigenvalue weighted by Gasteiger charge is -2.39. The summed E-state index contributed by atoms with van der Waals surface area (Å²) in [6.07, 6.45) is -2.09. The van der Waals surface area contributed by atoms with Gasteiger partial charge in [-0.25, -0.2) is 0 Å². The van der Waals surface area contributed by atoms with E-state index in [1.54, 1.807) is 0 Å². The lowest BCUT2D eigenvalue weighted by atomic mass is 10.00. The van der Waals surface area contributed by atoms with Crippen molar-refractivity contribution in [3.8, 4) is 0 Å². The minimum atomic E-state index is -0.743. The Morgan fingerprint density at radius 2 is 1.69 bits per heavy atom. The van der Waals surface area contributed by atoms with Gasteiger partial charge in [0.05, 0.1) is 31.5 Å². The third-order valence-electron chi connectivity index (χ3n) is 5.47. The lowest BCUT2D eigenvalue weighted by molar-refractivity contribution is -0.288. The lowest BCUT2D eigenvalue weighted by Crippen LogP contribution is -2.48. The molecule has 2 aliphatic heterocycles. The van der Waals surface area contributed by atoms with Gasteiger partial charge in [-0.15, -0.1) is 0 Å². The average molecular weight is 400 g/mol. The normalized spacial score (nSPS) is 32.3. The molecule has 0 spiro atoms. The number of hydrogen-bond acceptors (Lipinski definition) is 6. The van der Waals surface area contributed by atoms with Crippen molar-refractivity contribution < 1.29 is 29.2 Å². The van der Waals surface area contributed by atoms with Crippen LogP contribution >= 0.6 is 0 Å². The van der Waals surface area contributed by atoms with Gasteiger partial charge >= 0.3 is 0 Å². The first kappa shape index (κ1) is 20.5. The van der Waals surface area contributed by atoms with E-state index in [-0.39, 0.29) is 24.9 Å². The number of rotatable bonds is 6. The van der Waals surface area contributed by atoms with Crippen molar-refractivity contribution in [3.05, 3.63) is 71.8 Å². The predicted molar refractivity (Wildman–Crippen MR) is 106 cm³/mol. The van der Waals surface area contributed by atoms with E-state index in [0.29, 0.717) is 26.1 Å². The van der Waals surface area contributed by atoms with E-state index < -0.39 is 18.5 Å². The summed E-state index contributed by atoms with van der Waals surface area (Å²) in [5, 5.41) is 20.0. The summed E-state index contributed by atoms with van der Waals surface area (Å²) in [4.78, 5) is 0. The second-order valence-corrected chi connectivity index (χ2v) is 7.54. The molecule has 2 aromatic rings. The van der Waals surface area contributed by atoms with Crippen LogP contribution in [0.2, 0.25) is 0 Å². The summed E-state index contributed by atoms with van der Waals surface area (Å²) in [6.45, 7) is 0.708. The summed E-state index contributed by atoms with van der Waals surface area (Å²) in [6, 6.07) is 19.7. The van der Waals surface area contributed by atoms with Gasteiger partial charge in [0.25, 0.3) is 0 Å². The zero-order chi connectivity index (χ0) is 20.1. The first-order chi connectivity index (χ1) is 14.2. The topological polar surface area (TPSA) is 77.4 Å². The minimum Gasteiger partial charge on any atom is -0.396 e. The maximum absolute atomic E-state index is 10.7. The van der Waals surface area contributed by atoms with Crippen LogP contribution in [-0.4, -0.2) is 53.9 Å². The van der Waals surface area contributed by atoms with Crippen LogP contribution in [0.3, 0.4) is 0 Å². The molecule has 29 heavy (non-hydrogen) atoms. The second kappa shape index (κ2) is 9.80. The fourth-order valence-electron chi connectivity index (χ4n) is 3.94. The number of fused-ring (bicyclic) bond motifs is 1. The van der Waals surface area contributed by atoms with Crippen molar-refractivity contribution in [3.63, 3.8) is 0 Å². The van der Waals surface area contributed by atoms with Crippen LogP contribution in [-0.2, 0) is 25.6 Å². The van der Waals surface area contributed by atoms with Gasteiger partial charge < -0.3 is 29.2 Å². The molecule has 6 nitrogen and oxygen atoms in total. The quantitative estimate of drug-likeness (QED) is 0.776. The van der Waals surface area contributed by atoms with Crippen molar-refractivity contribution in [2.24, 2.45) is 0 Å². The molecule has 2 saturated heterocycles. The van der Waals surface area contributed by atoms with Crippen molar-refractivity contribution in [2.75, 3.05) is 13.2 Å². The van der Waals surface area contributed by atoms with Crippen molar-refractivity contribution in [1.29, 1.82) is 0 Å². The zero-order valence-corrected chi connectivity index (χ0v) is 16.3. The molecule has 0 radical (unpaired) electrons. The molecule has 4 rings (SSSR count). The number of aliphatic hydroxyl groups is 2. The summed E-state index contributed by atoms with van der Waals surface area (Å²) < 4.78 is 24.5. The van der Waals surface area contributed by atoms with Gasteiger partial charge in [0.1, 0.15) is 12.2 Å². The van der Waals surface area contributed by atoms with Gasteiger partial charge in [0.2, 0.25) is 0 Å². The van der Waals surface area contributed by atoms with Crippen LogP contribution in [0.1, 0.15) is 30.3 Å². The molecule has 2 aliphatic rings. The highest BCUT2D eigenvalue weighted by molar-refractivity contribution is 5.17. The molecule has 2 heterocycles. The fourth-order valence-corrected chi connectivity index (χ4v) is 3.94. The maximum Gasteiger partial charge on any atom is 0.184 e. The fraction of sp³-hybridized carbons (Fsp3) is 0.478. The Bertz CT molecular complexity index is 740. The molecule has 2 aromatic carbocycles. The molecular formula is C23H28O6. The van der Waals surface area contributed by atoms with Crippen LogP contribution in [0.4, 0.5) is 0 Å². The molecule has 2 fully saturated rings. The van der Waals surface area contributed by atoms with E-state index in [4.69, 9.17) is 18.9 Å². The van der Waals surface area contributed by atoms with Gasteiger partial charge in [0, 0.05) is 18.6 Å². The Morgan fingerprint density at radius 3 is 2.41 bits per heavy atom. The highest BCUT2D eigenvalue weighted by atomic mass is 16.7. The van der Waals surface area contributed by atoms with Crippen molar-refractivity contribution in [1.82, 2.24) is 0 Å². The van der Waals surface area contributed by atoms with Gasteiger partial charge in [-0.2, -0.15) is 0 Å². The maximum atomic E-state index is 10.7. The van der Waals surface area contributed by atoms with Crippen molar-refractivity contribution >= 4 is 0 Å². The smallest absolute Gasteiger partial charge is 0.184 e. The molecule has 6 atom stereocenters. The van der Waals surface area contributed by atoms with Crippen molar-refractivity contribution in [2.45, 2.75) is 56.3 Å². The number of benzene rings is 2. The minimum absolute atomic E-state index is 0.0526. The van der Waals surface area contributed by atoms with E-state index in [2.05, 4.69) is 0 Å². The second-order valence-electron chi connectivity index (χ2n) is 7.54. The van der Waals surface area contributed by atoms with Gasteiger partial charge in [-0.3, -0.25) is 0 Å². The summed E-state index contributed by atoms with van der Waals surface area (Å²) in [5.74, 6) is 0. The summed E-state index contributed by atoms with van der Waals surface area (Å²) >= 11 is 0. The Kier molecular flexibility index (Phi) is 6.92. The Hall–Kier alpha value is -1.80. The number of hydrogen-bond donors (Lipinski definition) is 2. The highest BCUT2D eigenvalue weighted by Crippen LogP contribution is 2.35. The SMILES string of the molecule is OCC[C@@H]1O[C@@H]2CO[C@@H](c3ccccc3)O[C@H]2[C@@H](OCc2ccccc2)C[C@H]1O. The Morgan fingerprint density at radius 1 is 0.966 bits per heavy atom. The van der Waals surface area contributed by atoms with Gasteiger partial charge in [0.15, 0.2) is 6.29 Å². The first-order valence-corrected chi connectivity index (χ1v) is 10.2. The highest BCUT2D eigenvalue weighted by Gasteiger charge is 2.45. The third-order valence-corrected chi connectivity index (χ3v) is 5.47. The molecule has 0 aromatic heterocycles. The van der Waals surface area contributed by atoms with Gasteiger partial charge in [-0.05, 0) is 12.0 Å². The average Bonchev–Trinajstić information content (AvgIpc) is 2.90. The van der Waals surface area contributed by atoms with Crippen LogP contribution < -0.4 is 0 Å². The number of ether oxygens (including phenoxy) is 4. The molecule has 0 aliphatic carbocycles. The van der Waals surface area contributed by atoms with Crippen LogP contribution in [0.25, 0.3) is 0 Å². The Balaban J connectivity index is 1.52. The molecule has 0 amide bonds. The van der Waals surface area contributed by atoms with E-state index in [1.165, 1.54) is 0 Å². The first-order valence-electron chi connectivity index (χ1n) is 10.2. The molecule has 0 unspecified atom stereocenters. The summed E-state index contributed by atoms with van der Waals surface area (Å²) in [5.41, 5.74) is 1.99. The Labute approximate surface area is 171 Å². The van der Waals surface area contributed by atoms with E-state index >= 15 is 0 Å². The van der Waals surface area contributed by atoms with E-state index in [0.717, 1.165) is 11.1 Å². The molecule has 6 heteroatoms. The molecule has 0 bridgehead atoms. The molecule has 2 N–H and O–H groups in total. The standard InChI is InChI=1S/C23H28O6/c24-12-11-19-18(25)13-20(26-14-16-7-3-1-4-8-16)22-21(28-19)15-27-23(29-22)17-9-5-2-6-10-17/h1-10,18-25H,11-15H2/t18-,19+,20+,21-,22+,23-/m1/s1. The largest absolute Gasteiger partial charge is 0.396 e. The molecule has 0 saturated carbocycles. The van der Waals surface area contributed by atoms with Crippen LogP contribution in [0.15, 0.2) is 60.7 Å². The van der Waals surface area contributed by atoms with Gasteiger partial charge in [-0.1, -0.05) is 60.7 Å². The van der Waals surface area contributed by atoms with Crippen LogP contribution in [0, 0.1) is 0 Å². The third kappa shape index (κ3) is 5.04.